The van der Waals surface area contributed by atoms with E-state index in [1.54, 1.807) is 11.3 Å². The van der Waals surface area contributed by atoms with E-state index in [0.717, 1.165) is 18.0 Å². The van der Waals surface area contributed by atoms with Gasteiger partial charge >= 0.3 is 0 Å². The largest absolute Gasteiger partial charge is 0.339 e. The third-order valence-corrected chi connectivity index (χ3v) is 4.31. The van der Waals surface area contributed by atoms with Crippen LogP contribution in [0.1, 0.15) is 25.0 Å². The van der Waals surface area contributed by atoms with Gasteiger partial charge in [-0.15, -0.1) is 11.3 Å². The zero-order valence-electron chi connectivity index (χ0n) is 11.4. The highest BCUT2D eigenvalue weighted by molar-refractivity contribution is 7.13. The van der Waals surface area contributed by atoms with Gasteiger partial charge in [0.2, 0.25) is 0 Å². The van der Waals surface area contributed by atoms with E-state index >= 15 is 0 Å². The molecule has 0 bridgehead atoms. The van der Waals surface area contributed by atoms with Crippen LogP contribution in [0.5, 0.6) is 0 Å². The van der Waals surface area contributed by atoms with E-state index in [9.17, 15) is 0 Å². The second-order valence-electron chi connectivity index (χ2n) is 5.45. The SMILES string of the molecule is CC(C)[CH]N(c1nccs1)C1Cc2ccccc2C1. The van der Waals surface area contributed by atoms with Crippen molar-refractivity contribution >= 4 is 16.5 Å². The molecule has 0 saturated carbocycles. The molecule has 1 aliphatic carbocycles. The van der Waals surface area contributed by atoms with E-state index in [1.165, 1.54) is 11.1 Å². The molecule has 0 fully saturated rings. The van der Waals surface area contributed by atoms with Gasteiger partial charge in [0, 0.05) is 17.6 Å². The Kier molecular flexibility index (Phi) is 3.56. The number of fused-ring (bicyclic) bond motifs is 1. The lowest BCUT2D eigenvalue weighted by Gasteiger charge is -2.29. The molecule has 0 N–H and O–H groups in total. The van der Waals surface area contributed by atoms with Crippen molar-refractivity contribution in [2.24, 2.45) is 5.92 Å². The molecule has 1 aromatic heterocycles. The smallest absolute Gasteiger partial charge is 0.185 e. The fraction of sp³-hybridized carbons (Fsp3) is 0.375. The lowest BCUT2D eigenvalue weighted by Crippen LogP contribution is -2.35. The number of benzene rings is 1. The molecule has 3 heteroatoms. The first-order valence-electron chi connectivity index (χ1n) is 6.83. The summed E-state index contributed by atoms with van der Waals surface area (Å²) in [5.41, 5.74) is 2.98. The summed E-state index contributed by atoms with van der Waals surface area (Å²) in [7, 11) is 0. The number of hydrogen-bond donors (Lipinski definition) is 0. The summed E-state index contributed by atoms with van der Waals surface area (Å²) in [6.07, 6.45) is 4.14. The zero-order chi connectivity index (χ0) is 13.2. The Balaban J connectivity index is 1.83. The van der Waals surface area contributed by atoms with E-state index in [2.05, 4.69) is 59.9 Å². The first kappa shape index (κ1) is 12.7. The second-order valence-corrected chi connectivity index (χ2v) is 6.32. The summed E-state index contributed by atoms with van der Waals surface area (Å²) in [5.74, 6) is 0.535. The first-order chi connectivity index (χ1) is 9.24. The summed E-state index contributed by atoms with van der Waals surface area (Å²) in [6.45, 7) is 6.76. The van der Waals surface area contributed by atoms with E-state index in [1.807, 2.05) is 6.20 Å². The third kappa shape index (κ3) is 2.66. The highest BCUT2D eigenvalue weighted by Crippen LogP contribution is 2.31. The molecule has 0 saturated heterocycles. The van der Waals surface area contributed by atoms with Crippen LogP contribution in [-0.4, -0.2) is 11.0 Å². The van der Waals surface area contributed by atoms with Crippen LogP contribution in [0.4, 0.5) is 5.13 Å². The molecule has 0 unspecified atom stereocenters. The summed E-state index contributed by atoms with van der Waals surface area (Å²) in [4.78, 5) is 6.87. The van der Waals surface area contributed by atoms with Gasteiger partial charge in [0.25, 0.3) is 0 Å². The summed E-state index contributed by atoms with van der Waals surface area (Å²) >= 11 is 1.72. The van der Waals surface area contributed by atoms with Gasteiger partial charge < -0.3 is 4.90 Å². The Morgan fingerprint density at radius 3 is 2.47 bits per heavy atom. The maximum Gasteiger partial charge on any atom is 0.185 e. The van der Waals surface area contributed by atoms with Crippen molar-refractivity contribution in [1.82, 2.24) is 4.98 Å². The van der Waals surface area contributed by atoms with Crippen molar-refractivity contribution in [2.75, 3.05) is 4.90 Å². The van der Waals surface area contributed by atoms with Gasteiger partial charge in [0.05, 0.1) is 6.54 Å². The molecule has 99 valence electrons. The maximum atomic E-state index is 4.49. The normalized spacial score (nSPS) is 14.9. The maximum absolute atomic E-state index is 4.49. The molecule has 2 aromatic rings. The van der Waals surface area contributed by atoms with Gasteiger partial charge in [0.15, 0.2) is 5.13 Å². The minimum atomic E-state index is 0.519. The van der Waals surface area contributed by atoms with Gasteiger partial charge in [-0.25, -0.2) is 4.98 Å². The fourth-order valence-electron chi connectivity index (χ4n) is 2.74. The minimum absolute atomic E-state index is 0.519. The molecular formula is C16H19N2S. The fourth-order valence-corrected chi connectivity index (χ4v) is 3.44. The Hall–Kier alpha value is -1.35. The van der Waals surface area contributed by atoms with E-state index in [-0.39, 0.29) is 0 Å². The molecule has 2 nitrogen and oxygen atoms in total. The number of anilines is 1. The average molecular weight is 271 g/mol. The summed E-state index contributed by atoms with van der Waals surface area (Å²) in [5, 5.41) is 3.17. The molecule has 1 aromatic carbocycles. The molecule has 1 heterocycles. The van der Waals surface area contributed by atoms with Crippen molar-refractivity contribution in [2.45, 2.75) is 32.7 Å². The third-order valence-electron chi connectivity index (χ3n) is 3.52. The van der Waals surface area contributed by atoms with Crippen LogP contribution in [0.3, 0.4) is 0 Å². The second kappa shape index (κ2) is 5.33. The van der Waals surface area contributed by atoms with Gasteiger partial charge in [-0.05, 0) is 29.9 Å². The molecule has 0 amide bonds. The number of nitrogens with zero attached hydrogens (tertiary/aromatic N) is 2. The van der Waals surface area contributed by atoms with Crippen LogP contribution in [0.25, 0.3) is 0 Å². The molecule has 19 heavy (non-hydrogen) atoms. The van der Waals surface area contributed by atoms with Gasteiger partial charge in [-0.3, -0.25) is 0 Å². The molecular weight excluding hydrogens is 252 g/mol. The number of hydrogen-bond acceptors (Lipinski definition) is 3. The lowest BCUT2D eigenvalue weighted by atomic mass is 10.1. The van der Waals surface area contributed by atoms with Crippen molar-refractivity contribution in [1.29, 1.82) is 0 Å². The van der Waals surface area contributed by atoms with Crippen molar-refractivity contribution < 1.29 is 0 Å². The number of aromatic nitrogens is 1. The standard InChI is InChI=1S/C16H19N2S/c1-12(2)11-18(16-17-7-8-19-16)15-9-13-5-3-4-6-14(13)10-15/h3-8,11-12,15H,9-10H2,1-2H3. The van der Waals surface area contributed by atoms with E-state index in [0.29, 0.717) is 12.0 Å². The van der Waals surface area contributed by atoms with Gasteiger partial charge in [0.1, 0.15) is 0 Å². The predicted octanol–water partition coefficient (Wildman–Crippen LogP) is 3.93. The Labute approximate surface area is 119 Å². The molecule has 1 radical (unpaired) electrons. The zero-order valence-corrected chi connectivity index (χ0v) is 12.2. The topological polar surface area (TPSA) is 16.1 Å². The number of thiazole rings is 1. The molecule has 3 rings (SSSR count). The Morgan fingerprint density at radius 2 is 1.95 bits per heavy atom. The molecule has 0 atom stereocenters. The van der Waals surface area contributed by atoms with Crippen LogP contribution in [0.2, 0.25) is 0 Å². The predicted molar refractivity (Wildman–Crippen MR) is 81.4 cm³/mol. The van der Waals surface area contributed by atoms with Crippen LogP contribution >= 0.6 is 11.3 Å². The molecule has 0 aliphatic heterocycles. The van der Waals surface area contributed by atoms with E-state index < -0.39 is 0 Å². The minimum Gasteiger partial charge on any atom is -0.339 e. The lowest BCUT2D eigenvalue weighted by molar-refractivity contribution is 0.601. The van der Waals surface area contributed by atoms with Crippen molar-refractivity contribution in [3.05, 3.63) is 53.5 Å². The van der Waals surface area contributed by atoms with Gasteiger partial charge in [-0.1, -0.05) is 38.1 Å². The van der Waals surface area contributed by atoms with Crippen LogP contribution in [0.15, 0.2) is 35.8 Å². The van der Waals surface area contributed by atoms with Crippen molar-refractivity contribution in [3.63, 3.8) is 0 Å². The van der Waals surface area contributed by atoms with Crippen LogP contribution < -0.4 is 4.90 Å². The quantitative estimate of drug-likeness (QED) is 0.837. The monoisotopic (exact) mass is 271 g/mol. The van der Waals surface area contributed by atoms with Crippen LogP contribution in [-0.2, 0) is 12.8 Å². The highest BCUT2D eigenvalue weighted by atomic mass is 32.1. The van der Waals surface area contributed by atoms with Gasteiger partial charge in [-0.2, -0.15) is 0 Å². The summed E-state index contributed by atoms with van der Waals surface area (Å²) < 4.78 is 0. The van der Waals surface area contributed by atoms with Crippen molar-refractivity contribution in [3.8, 4) is 0 Å². The number of rotatable bonds is 4. The Bertz CT molecular complexity index is 508. The first-order valence-corrected chi connectivity index (χ1v) is 7.71. The Morgan fingerprint density at radius 1 is 1.26 bits per heavy atom. The van der Waals surface area contributed by atoms with E-state index in [4.69, 9.17) is 0 Å². The average Bonchev–Trinajstić information content (AvgIpc) is 3.04. The summed E-state index contributed by atoms with van der Waals surface area (Å²) in [6, 6.07) is 9.31. The molecule has 0 spiro atoms. The highest BCUT2D eigenvalue weighted by Gasteiger charge is 2.28. The van der Waals surface area contributed by atoms with Crippen LogP contribution in [0, 0.1) is 12.5 Å². The molecule has 1 aliphatic rings.